The molecule has 0 amide bonds. The van der Waals surface area contributed by atoms with Crippen molar-refractivity contribution >= 4 is 5.78 Å². The molecule has 0 fully saturated rings. The Balaban J connectivity index is 2.19. The molecule has 0 aliphatic heterocycles. The number of carbonyl (C=O) groups is 1. The molecular formula is C12H17N3O. The molecule has 1 aliphatic carbocycles. The van der Waals surface area contributed by atoms with Gasteiger partial charge in [-0.15, -0.1) is 5.10 Å². The van der Waals surface area contributed by atoms with Gasteiger partial charge in [0.2, 0.25) is 5.78 Å². The van der Waals surface area contributed by atoms with Gasteiger partial charge in [0.25, 0.3) is 0 Å². The maximum Gasteiger partial charge on any atom is 0.208 e. The maximum atomic E-state index is 12.2. The quantitative estimate of drug-likeness (QED) is 0.730. The van der Waals surface area contributed by atoms with E-state index >= 15 is 0 Å². The third-order valence-electron chi connectivity index (χ3n) is 2.87. The van der Waals surface area contributed by atoms with Crippen molar-refractivity contribution in [3.8, 4) is 0 Å². The van der Waals surface area contributed by atoms with Crippen LogP contribution in [-0.4, -0.2) is 20.8 Å². The molecule has 0 bridgehead atoms. The molecule has 1 aliphatic rings. The number of ketones is 1. The second-order valence-electron chi connectivity index (χ2n) is 4.15. The van der Waals surface area contributed by atoms with Crippen molar-refractivity contribution in [1.82, 2.24) is 15.0 Å². The number of hydrogen-bond donors (Lipinski definition) is 0. The zero-order valence-electron chi connectivity index (χ0n) is 9.65. The largest absolute Gasteiger partial charge is 0.287 e. The van der Waals surface area contributed by atoms with Crippen LogP contribution in [0.1, 0.15) is 49.5 Å². The monoisotopic (exact) mass is 219 g/mol. The summed E-state index contributed by atoms with van der Waals surface area (Å²) in [6.45, 7) is 2.82. The summed E-state index contributed by atoms with van der Waals surface area (Å²) in [5.41, 5.74) is 1.57. The molecule has 0 saturated carbocycles. The van der Waals surface area contributed by atoms with Crippen LogP contribution in [0.5, 0.6) is 0 Å². The lowest BCUT2D eigenvalue weighted by atomic mass is 9.95. The van der Waals surface area contributed by atoms with Crippen LogP contribution in [0.3, 0.4) is 0 Å². The van der Waals surface area contributed by atoms with Gasteiger partial charge in [0.1, 0.15) is 5.69 Å². The topological polar surface area (TPSA) is 47.8 Å². The fraction of sp³-hybridized carbons (Fsp3) is 0.583. The van der Waals surface area contributed by atoms with Gasteiger partial charge in [0.15, 0.2) is 0 Å². The van der Waals surface area contributed by atoms with E-state index in [-0.39, 0.29) is 5.78 Å². The lowest BCUT2D eigenvalue weighted by Gasteiger charge is -2.11. The van der Waals surface area contributed by atoms with Gasteiger partial charge in [0, 0.05) is 6.54 Å². The number of aromatic nitrogens is 3. The van der Waals surface area contributed by atoms with Crippen molar-refractivity contribution in [2.24, 2.45) is 0 Å². The average Bonchev–Trinajstić information content (AvgIpc) is 2.78. The lowest BCUT2D eigenvalue weighted by Crippen LogP contribution is -2.13. The Bertz CT molecular complexity index is 406. The van der Waals surface area contributed by atoms with Gasteiger partial charge in [-0.2, -0.15) is 0 Å². The van der Waals surface area contributed by atoms with Crippen molar-refractivity contribution in [2.75, 3.05) is 0 Å². The summed E-state index contributed by atoms with van der Waals surface area (Å²) in [7, 11) is 0. The van der Waals surface area contributed by atoms with E-state index in [0.29, 0.717) is 5.69 Å². The van der Waals surface area contributed by atoms with Gasteiger partial charge < -0.3 is 0 Å². The van der Waals surface area contributed by atoms with E-state index in [1.165, 1.54) is 6.42 Å². The fourth-order valence-corrected chi connectivity index (χ4v) is 2.02. The van der Waals surface area contributed by atoms with Gasteiger partial charge in [-0.25, -0.2) is 4.68 Å². The molecule has 0 N–H and O–H groups in total. The molecule has 0 aromatic carbocycles. The number of carbonyl (C=O) groups excluding carboxylic acids is 1. The van der Waals surface area contributed by atoms with E-state index in [1.54, 1.807) is 10.9 Å². The Morgan fingerprint density at radius 2 is 2.38 bits per heavy atom. The SMILES string of the molecule is CCCn1nncc1C(=O)C1=CCCCC1. The average molecular weight is 219 g/mol. The summed E-state index contributed by atoms with van der Waals surface area (Å²) in [6.07, 6.45) is 8.84. The van der Waals surface area contributed by atoms with E-state index in [0.717, 1.165) is 37.8 Å². The van der Waals surface area contributed by atoms with Crippen molar-refractivity contribution in [3.05, 3.63) is 23.5 Å². The number of allylic oxidation sites excluding steroid dienone is 2. The molecule has 2 rings (SSSR count). The lowest BCUT2D eigenvalue weighted by molar-refractivity contribution is 0.101. The Kier molecular flexibility index (Phi) is 3.49. The van der Waals surface area contributed by atoms with E-state index in [4.69, 9.17) is 0 Å². The van der Waals surface area contributed by atoms with Crippen molar-refractivity contribution < 1.29 is 4.79 Å². The molecule has 16 heavy (non-hydrogen) atoms. The molecule has 86 valence electrons. The zero-order chi connectivity index (χ0) is 11.4. The standard InChI is InChI=1S/C12H17N3O/c1-2-8-15-11(9-13-14-15)12(16)10-6-4-3-5-7-10/h6,9H,2-5,7-8H2,1H3. The number of nitrogens with zero attached hydrogens (tertiary/aromatic N) is 3. The predicted octanol–water partition coefficient (Wildman–Crippen LogP) is 2.37. The summed E-state index contributed by atoms with van der Waals surface area (Å²) < 4.78 is 1.71. The molecule has 0 unspecified atom stereocenters. The van der Waals surface area contributed by atoms with Gasteiger partial charge >= 0.3 is 0 Å². The Labute approximate surface area is 95.3 Å². The van der Waals surface area contributed by atoms with Crippen molar-refractivity contribution in [3.63, 3.8) is 0 Å². The minimum atomic E-state index is 0.109. The van der Waals surface area contributed by atoms with Crippen molar-refractivity contribution in [2.45, 2.75) is 45.6 Å². The smallest absolute Gasteiger partial charge is 0.208 e. The molecule has 0 spiro atoms. The second-order valence-corrected chi connectivity index (χ2v) is 4.15. The van der Waals surface area contributed by atoms with Crippen LogP contribution < -0.4 is 0 Å². The Hall–Kier alpha value is -1.45. The highest BCUT2D eigenvalue weighted by atomic mass is 16.1. The first kappa shape index (κ1) is 11.0. The second kappa shape index (κ2) is 5.05. The summed E-state index contributed by atoms with van der Waals surface area (Å²) in [4.78, 5) is 12.2. The Morgan fingerprint density at radius 3 is 3.06 bits per heavy atom. The third-order valence-corrected chi connectivity index (χ3v) is 2.87. The van der Waals surface area contributed by atoms with Crippen LogP contribution in [0.2, 0.25) is 0 Å². The van der Waals surface area contributed by atoms with Crippen LogP contribution in [0, 0.1) is 0 Å². The molecular weight excluding hydrogens is 202 g/mol. The molecule has 1 heterocycles. The van der Waals surface area contributed by atoms with E-state index in [2.05, 4.69) is 23.3 Å². The van der Waals surface area contributed by atoms with Crippen LogP contribution in [0.4, 0.5) is 0 Å². The molecule has 4 nitrogen and oxygen atoms in total. The number of Topliss-reactive ketones (excluding diaryl/α,β-unsaturated/α-hetero) is 1. The summed E-state index contributed by atoms with van der Waals surface area (Å²) >= 11 is 0. The van der Waals surface area contributed by atoms with E-state index < -0.39 is 0 Å². The molecule has 0 saturated heterocycles. The number of rotatable bonds is 4. The summed E-state index contributed by atoms with van der Waals surface area (Å²) in [6, 6.07) is 0. The highest BCUT2D eigenvalue weighted by Gasteiger charge is 2.18. The highest BCUT2D eigenvalue weighted by molar-refractivity contribution is 6.07. The zero-order valence-corrected chi connectivity index (χ0v) is 9.65. The van der Waals surface area contributed by atoms with Crippen molar-refractivity contribution in [1.29, 1.82) is 0 Å². The fourth-order valence-electron chi connectivity index (χ4n) is 2.02. The normalized spacial score (nSPS) is 15.9. The van der Waals surface area contributed by atoms with Gasteiger partial charge in [-0.05, 0) is 37.7 Å². The van der Waals surface area contributed by atoms with E-state index in [1.807, 2.05) is 0 Å². The number of hydrogen-bond acceptors (Lipinski definition) is 3. The molecule has 0 radical (unpaired) electrons. The first-order chi connectivity index (χ1) is 7.83. The van der Waals surface area contributed by atoms with Crippen LogP contribution in [0.15, 0.2) is 17.8 Å². The minimum absolute atomic E-state index is 0.109. The van der Waals surface area contributed by atoms with Gasteiger partial charge in [0.05, 0.1) is 6.20 Å². The summed E-state index contributed by atoms with van der Waals surface area (Å²) in [5, 5.41) is 7.76. The van der Waals surface area contributed by atoms with Crippen LogP contribution in [-0.2, 0) is 6.54 Å². The Morgan fingerprint density at radius 1 is 1.50 bits per heavy atom. The first-order valence-electron chi connectivity index (χ1n) is 5.95. The first-order valence-corrected chi connectivity index (χ1v) is 5.95. The molecule has 0 atom stereocenters. The van der Waals surface area contributed by atoms with Gasteiger partial charge in [-0.3, -0.25) is 4.79 Å². The number of aryl methyl sites for hydroxylation is 1. The molecule has 4 heteroatoms. The maximum absolute atomic E-state index is 12.2. The van der Waals surface area contributed by atoms with Gasteiger partial charge in [-0.1, -0.05) is 18.2 Å². The summed E-state index contributed by atoms with van der Waals surface area (Å²) in [5.74, 6) is 0.109. The third kappa shape index (κ3) is 2.21. The van der Waals surface area contributed by atoms with Crippen LogP contribution in [0.25, 0.3) is 0 Å². The minimum Gasteiger partial charge on any atom is -0.287 e. The van der Waals surface area contributed by atoms with E-state index in [9.17, 15) is 4.79 Å². The molecule has 1 aromatic heterocycles. The predicted molar refractivity (Wildman–Crippen MR) is 61.2 cm³/mol. The van der Waals surface area contributed by atoms with Crippen LogP contribution >= 0.6 is 0 Å². The highest BCUT2D eigenvalue weighted by Crippen LogP contribution is 2.20. The molecule has 1 aromatic rings.